The fourth-order valence-electron chi connectivity index (χ4n) is 1.84. The number of carbonyl (C=O) groups excluding carboxylic acids is 1. The number of aliphatic hydroxyl groups excluding tert-OH is 1. The number of hydrogen-bond donors (Lipinski definition) is 1. The Morgan fingerprint density at radius 1 is 1.33 bits per heavy atom. The third-order valence-corrected chi connectivity index (χ3v) is 2.76. The average molecular weight is 203 g/mol. The van der Waals surface area contributed by atoms with Crippen molar-refractivity contribution >= 4 is 24.9 Å². The summed E-state index contributed by atoms with van der Waals surface area (Å²) in [5.41, 5.74) is 2.05. The Balaban J connectivity index is 2.22. The smallest absolute Gasteiger partial charge is 0.255 e. The van der Waals surface area contributed by atoms with Gasteiger partial charge in [0.15, 0.2) is 0 Å². The van der Waals surface area contributed by atoms with E-state index in [0.717, 1.165) is 12.1 Å². The van der Waals surface area contributed by atoms with Crippen molar-refractivity contribution in [1.82, 2.24) is 0 Å². The lowest BCUT2D eigenvalue weighted by molar-refractivity contribution is -0.128. The highest BCUT2D eigenvalue weighted by atomic mass is 16.3. The number of carbonyl (C=O) groups is 1. The summed E-state index contributed by atoms with van der Waals surface area (Å²) in [6.07, 6.45) is 0.627. The lowest BCUT2D eigenvalue weighted by atomic mass is 9.96. The fraction of sp³-hybridized carbons (Fsp3) is 0.364. The van der Waals surface area contributed by atoms with Gasteiger partial charge in [0.1, 0.15) is 14.0 Å². The molecule has 0 aromatic heterocycles. The normalized spacial score (nSPS) is 21.8. The molecule has 78 valence electrons. The van der Waals surface area contributed by atoms with Crippen molar-refractivity contribution in [3.8, 4) is 0 Å². The number of amides is 1. The van der Waals surface area contributed by atoms with Gasteiger partial charge in [0.05, 0.1) is 0 Å². The van der Waals surface area contributed by atoms with Crippen LogP contribution in [0.2, 0.25) is 0 Å². The maximum absolute atomic E-state index is 11.7. The van der Waals surface area contributed by atoms with Crippen molar-refractivity contribution in [3.05, 3.63) is 24.3 Å². The Morgan fingerprint density at radius 3 is 2.67 bits per heavy atom. The van der Waals surface area contributed by atoms with Gasteiger partial charge in [-0.15, -0.1) is 0 Å². The van der Waals surface area contributed by atoms with E-state index in [0.29, 0.717) is 13.0 Å². The number of anilines is 1. The molecule has 0 spiro atoms. The minimum atomic E-state index is -0.819. The lowest BCUT2D eigenvalue weighted by Crippen LogP contribution is -2.44. The third-order valence-electron chi connectivity index (χ3n) is 2.76. The van der Waals surface area contributed by atoms with Crippen LogP contribution >= 0.6 is 0 Å². The molecule has 1 saturated heterocycles. The molecule has 1 aromatic rings. The van der Waals surface area contributed by atoms with Crippen LogP contribution < -0.4 is 10.4 Å². The molecule has 1 heterocycles. The molecular formula is C11H14BNO2. The summed E-state index contributed by atoms with van der Waals surface area (Å²) in [7, 11) is 2.01. The largest absolute Gasteiger partial charge is 0.383 e. The summed E-state index contributed by atoms with van der Waals surface area (Å²) < 4.78 is 0. The monoisotopic (exact) mass is 203 g/mol. The van der Waals surface area contributed by atoms with Gasteiger partial charge in [-0.2, -0.15) is 0 Å². The predicted octanol–water partition coefficient (Wildman–Crippen LogP) is -0.567. The van der Waals surface area contributed by atoms with Crippen molar-refractivity contribution in [2.24, 2.45) is 0 Å². The third kappa shape index (κ3) is 2.05. The molecule has 0 aliphatic carbocycles. The van der Waals surface area contributed by atoms with Gasteiger partial charge in [-0.25, -0.2) is 0 Å². The fourth-order valence-corrected chi connectivity index (χ4v) is 1.84. The van der Waals surface area contributed by atoms with E-state index in [-0.39, 0.29) is 5.91 Å². The molecule has 0 saturated carbocycles. The molecule has 4 heteroatoms. The second-order valence-electron chi connectivity index (χ2n) is 3.98. The highest BCUT2D eigenvalue weighted by molar-refractivity contribution is 6.32. The van der Waals surface area contributed by atoms with Crippen molar-refractivity contribution in [2.75, 3.05) is 11.4 Å². The zero-order valence-electron chi connectivity index (χ0n) is 8.81. The van der Waals surface area contributed by atoms with Crippen LogP contribution in [-0.4, -0.2) is 31.5 Å². The number of rotatable bonds is 1. The van der Waals surface area contributed by atoms with Crippen LogP contribution in [0, 0.1) is 0 Å². The molecule has 1 atom stereocenters. The van der Waals surface area contributed by atoms with E-state index in [1.807, 2.05) is 32.1 Å². The van der Waals surface area contributed by atoms with Crippen molar-refractivity contribution < 1.29 is 9.90 Å². The summed E-state index contributed by atoms with van der Waals surface area (Å²) in [5.74, 6) is -0.176. The van der Waals surface area contributed by atoms with Gasteiger partial charge in [0, 0.05) is 12.2 Å². The minimum Gasteiger partial charge on any atom is -0.383 e. The molecule has 1 N–H and O–H groups in total. The number of aliphatic hydroxyl groups is 1. The predicted molar refractivity (Wildman–Crippen MR) is 62.2 cm³/mol. The molecule has 0 bridgehead atoms. The van der Waals surface area contributed by atoms with E-state index in [2.05, 4.69) is 0 Å². The first-order valence-electron chi connectivity index (χ1n) is 5.24. The molecule has 1 aromatic carbocycles. The summed E-state index contributed by atoms with van der Waals surface area (Å²) in [5, 5.41) is 9.47. The molecule has 1 aliphatic heterocycles. The number of benzene rings is 1. The molecule has 3 nitrogen and oxygen atoms in total. The van der Waals surface area contributed by atoms with E-state index in [4.69, 9.17) is 0 Å². The van der Waals surface area contributed by atoms with Gasteiger partial charge in [-0.3, -0.25) is 4.79 Å². The first-order chi connectivity index (χ1) is 7.18. The van der Waals surface area contributed by atoms with Crippen LogP contribution in [0.1, 0.15) is 12.8 Å². The highest BCUT2D eigenvalue weighted by Crippen LogP contribution is 2.19. The Labute approximate surface area is 90.1 Å². The van der Waals surface area contributed by atoms with Gasteiger partial charge in [0.25, 0.3) is 5.91 Å². The van der Waals surface area contributed by atoms with E-state index >= 15 is 0 Å². The number of hydrogen-bond acceptors (Lipinski definition) is 2. The highest BCUT2D eigenvalue weighted by Gasteiger charge is 2.27. The van der Waals surface area contributed by atoms with Crippen molar-refractivity contribution in [1.29, 1.82) is 0 Å². The number of piperidine rings is 1. The SMILES string of the molecule is Bc1ccc(N2CCCC(O)C2=O)cc1. The first-order valence-corrected chi connectivity index (χ1v) is 5.24. The zero-order valence-corrected chi connectivity index (χ0v) is 8.81. The summed E-state index contributed by atoms with van der Waals surface area (Å²) in [6, 6.07) is 7.80. The van der Waals surface area contributed by atoms with Crippen LogP contribution in [0.25, 0.3) is 0 Å². The van der Waals surface area contributed by atoms with E-state index in [1.165, 1.54) is 5.46 Å². The summed E-state index contributed by atoms with van der Waals surface area (Å²) in [4.78, 5) is 13.3. The Morgan fingerprint density at radius 2 is 2.00 bits per heavy atom. The summed E-state index contributed by atoms with van der Waals surface area (Å²) in [6.45, 7) is 0.707. The van der Waals surface area contributed by atoms with Crippen molar-refractivity contribution in [3.63, 3.8) is 0 Å². The minimum absolute atomic E-state index is 0.176. The van der Waals surface area contributed by atoms with Gasteiger partial charge in [0.2, 0.25) is 0 Å². The molecule has 1 unspecified atom stereocenters. The topological polar surface area (TPSA) is 40.5 Å². The molecule has 15 heavy (non-hydrogen) atoms. The maximum atomic E-state index is 11.7. The van der Waals surface area contributed by atoms with Gasteiger partial charge in [-0.05, 0) is 25.0 Å². The van der Waals surface area contributed by atoms with Gasteiger partial charge < -0.3 is 10.0 Å². The van der Waals surface area contributed by atoms with E-state index in [1.54, 1.807) is 4.90 Å². The van der Waals surface area contributed by atoms with Crippen LogP contribution in [0.5, 0.6) is 0 Å². The van der Waals surface area contributed by atoms with Gasteiger partial charge >= 0.3 is 0 Å². The Kier molecular flexibility index (Phi) is 2.78. The van der Waals surface area contributed by atoms with Crippen LogP contribution in [-0.2, 0) is 4.79 Å². The van der Waals surface area contributed by atoms with Crippen LogP contribution in [0.4, 0.5) is 5.69 Å². The standard InChI is InChI=1S/C11H14BNO2/c12-8-3-5-9(6-4-8)13-7-1-2-10(14)11(13)15/h3-6,10,14H,1-2,7,12H2. The quantitative estimate of drug-likeness (QED) is 0.621. The number of nitrogens with zero attached hydrogens (tertiary/aromatic N) is 1. The Bertz CT molecular complexity index is 363. The van der Waals surface area contributed by atoms with Crippen LogP contribution in [0.3, 0.4) is 0 Å². The lowest BCUT2D eigenvalue weighted by Gasteiger charge is -2.29. The molecule has 1 fully saturated rings. The van der Waals surface area contributed by atoms with E-state index in [9.17, 15) is 9.90 Å². The molecule has 1 amide bonds. The van der Waals surface area contributed by atoms with E-state index < -0.39 is 6.10 Å². The molecular weight excluding hydrogens is 189 g/mol. The average Bonchev–Trinajstić information content (AvgIpc) is 2.24. The van der Waals surface area contributed by atoms with Crippen LogP contribution in [0.15, 0.2) is 24.3 Å². The molecule has 0 radical (unpaired) electrons. The van der Waals surface area contributed by atoms with Crippen molar-refractivity contribution in [2.45, 2.75) is 18.9 Å². The Hall–Kier alpha value is -1.29. The second-order valence-corrected chi connectivity index (χ2v) is 3.98. The second kappa shape index (κ2) is 4.07. The first kappa shape index (κ1) is 10.2. The molecule has 2 rings (SSSR count). The summed E-state index contributed by atoms with van der Waals surface area (Å²) >= 11 is 0. The molecule has 1 aliphatic rings. The zero-order chi connectivity index (χ0) is 10.8. The van der Waals surface area contributed by atoms with Gasteiger partial charge in [-0.1, -0.05) is 17.6 Å². The maximum Gasteiger partial charge on any atom is 0.255 e.